The van der Waals surface area contributed by atoms with Gasteiger partial charge in [0.15, 0.2) is 5.96 Å². The molecule has 2 rings (SSSR count). The van der Waals surface area contributed by atoms with Crippen LogP contribution in [0, 0.1) is 5.92 Å². The van der Waals surface area contributed by atoms with Crippen LogP contribution >= 0.6 is 0 Å². The Morgan fingerprint density at radius 2 is 2.00 bits per heavy atom. The highest BCUT2D eigenvalue weighted by Crippen LogP contribution is 2.28. The summed E-state index contributed by atoms with van der Waals surface area (Å²) in [5.74, 6) is 1.52. The smallest absolute Gasteiger partial charge is 0.194 e. The van der Waals surface area contributed by atoms with Crippen molar-refractivity contribution in [3.8, 4) is 0 Å². The van der Waals surface area contributed by atoms with Crippen molar-refractivity contribution in [3.63, 3.8) is 0 Å². The third-order valence-corrected chi connectivity index (χ3v) is 5.44. The van der Waals surface area contributed by atoms with E-state index in [-0.39, 0.29) is 0 Å². The Labute approximate surface area is 147 Å². The van der Waals surface area contributed by atoms with Gasteiger partial charge in [-0.2, -0.15) is 0 Å². The maximum absolute atomic E-state index is 5.55. The lowest BCUT2D eigenvalue weighted by atomic mass is 9.84. The van der Waals surface area contributed by atoms with E-state index in [1.165, 1.54) is 0 Å². The Morgan fingerprint density at radius 3 is 2.67 bits per heavy atom. The van der Waals surface area contributed by atoms with E-state index in [2.05, 4.69) is 49.9 Å². The number of hydrogen-bond acceptors (Lipinski definition) is 6. The Balaban J connectivity index is 1.93. The van der Waals surface area contributed by atoms with Gasteiger partial charge < -0.3 is 19.7 Å². The minimum absolute atomic E-state index is 0.313. The molecule has 0 bridgehead atoms. The molecular weight excluding hydrogens is 304 g/mol. The molecule has 2 unspecified atom stereocenters. The molecular formula is C18H36N4O2. The van der Waals surface area contributed by atoms with E-state index in [1.54, 1.807) is 0 Å². The first-order chi connectivity index (χ1) is 11.6. The first kappa shape index (κ1) is 19.5. The summed E-state index contributed by atoms with van der Waals surface area (Å²) in [6.45, 7) is 15.2. The zero-order valence-corrected chi connectivity index (χ0v) is 16.1. The fraction of sp³-hybridized carbons (Fsp3) is 0.944. The molecule has 0 spiro atoms. The Bertz CT molecular complexity index is 398. The number of nitrogens with zero attached hydrogens (tertiary/aromatic N) is 3. The van der Waals surface area contributed by atoms with E-state index in [1.807, 2.05) is 0 Å². The third-order valence-electron chi connectivity index (χ3n) is 5.44. The minimum Gasteiger partial charge on any atom is -0.380 e. The van der Waals surface area contributed by atoms with Gasteiger partial charge in [-0.25, -0.2) is 4.99 Å². The van der Waals surface area contributed by atoms with Gasteiger partial charge in [0.2, 0.25) is 0 Å². The van der Waals surface area contributed by atoms with Crippen molar-refractivity contribution < 1.29 is 9.47 Å². The molecule has 0 aromatic rings. The number of guanidine groups is 1. The monoisotopic (exact) mass is 340 g/mol. The molecule has 0 amide bonds. The summed E-state index contributed by atoms with van der Waals surface area (Å²) in [5.41, 5.74) is 0. The van der Waals surface area contributed by atoms with E-state index in [0.717, 1.165) is 58.4 Å². The van der Waals surface area contributed by atoms with Gasteiger partial charge in [0.25, 0.3) is 0 Å². The Hall–Kier alpha value is -0.850. The van der Waals surface area contributed by atoms with Gasteiger partial charge >= 0.3 is 0 Å². The third kappa shape index (κ3) is 4.83. The maximum atomic E-state index is 5.55. The molecule has 4 atom stereocenters. The van der Waals surface area contributed by atoms with Crippen LogP contribution in [0.3, 0.4) is 0 Å². The molecule has 0 saturated carbocycles. The molecule has 2 aliphatic heterocycles. The largest absolute Gasteiger partial charge is 0.380 e. The second kappa shape index (κ2) is 9.59. The van der Waals surface area contributed by atoms with Crippen molar-refractivity contribution in [2.24, 2.45) is 10.9 Å². The highest BCUT2D eigenvalue weighted by atomic mass is 16.5. The second-order valence-electron chi connectivity index (χ2n) is 7.05. The molecule has 24 heavy (non-hydrogen) atoms. The molecule has 2 aliphatic rings. The van der Waals surface area contributed by atoms with E-state index in [4.69, 9.17) is 14.5 Å². The predicted octanol–water partition coefficient (Wildman–Crippen LogP) is 1.42. The molecule has 0 aliphatic carbocycles. The van der Waals surface area contributed by atoms with Crippen LogP contribution in [0.1, 0.15) is 34.1 Å². The number of nitrogens with one attached hydrogen (secondary N) is 1. The summed E-state index contributed by atoms with van der Waals surface area (Å²) in [7, 11) is 2.15. The molecule has 1 fully saturated rings. The van der Waals surface area contributed by atoms with Crippen LogP contribution in [0.25, 0.3) is 0 Å². The van der Waals surface area contributed by atoms with Gasteiger partial charge in [-0.1, -0.05) is 6.92 Å². The van der Waals surface area contributed by atoms with E-state index in [9.17, 15) is 0 Å². The van der Waals surface area contributed by atoms with Crippen LogP contribution in [-0.4, -0.2) is 87.0 Å². The van der Waals surface area contributed by atoms with Crippen molar-refractivity contribution in [3.05, 3.63) is 0 Å². The molecule has 0 radical (unpaired) electrons. The first-order valence-corrected chi connectivity index (χ1v) is 9.50. The van der Waals surface area contributed by atoms with E-state index in [0.29, 0.717) is 24.0 Å². The fourth-order valence-electron chi connectivity index (χ4n) is 3.91. The summed E-state index contributed by atoms with van der Waals surface area (Å²) in [5, 5.41) is 3.45. The molecule has 1 N–H and O–H groups in total. The van der Waals surface area contributed by atoms with Gasteiger partial charge in [0.1, 0.15) is 0 Å². The van der Waals surface area contributed by atoms with Gasteiger partial charge in [0, 0.05) is 51.3 Å². The fourth-order valence-corrected chi connectivity index (χ4v) is 3.91. The van der Waals surface area contributed by atoms with Crippen molar-refractivity contribution in [2.45, 2.75) is 52.2 Å². The van der Waals surface area contributed by atoms with Crippen LogP contribution in [0.5, 0.6) is 0 Å². The summed E-state index contributed by atoms with van der Waals surface area (Å²) < 4.78 is 11.0. The quantitative estimate of drug-likeness (QED) is 0.710. The van der Waals surface area contributed by atoms with Crippen LogP contribution < -0.4 is 5.32 Å². The lowest BCUT2D eigenvalue weighted by Gasteiger charge is -2.47. The van der Waals surface area contributed by atoms with Gasteiger partial charge in [-0.3, -0.25) is 4.90 Å². The average Bonchev–Trinajstić information content (AvgIpc) is 2.59. The minimum atomic E-state index is 0.313. The van der Waals surface area contributed by atoms with Gasteiger partial charge in [-0.05, 0) is 27.2 Å². The van der Waals surface area contributed by atoms with Gasteiger partial charge in [-0.15, -0.1) is 0 Å². The van der Waals surface area contributed by atoms with Gasteiger partial charge in [0.05, 0.1) is 25.9 Å². The number of rotatable bonds is 7. The predicted molar refractivity (Wildman–Crippen MR) is 98.6 cm³/mol. The highest BCUT2D eigenvalue weighted by molar-refractivity contribution is 5.81. The summed E-state index contributed by atoms with van der Waals surface area (Å²) >= 11 is 0. The SMILES string of the molecule is CCCOCCNC1=N[C@H](C)[C@@H](C(C)N2CCOCC2)C(C)N1C. The lowest BCUT2D eigenvalue weighted by molar-refractivity contribution is -0.00566. The van der Waals surface area contributed by atoms with Crippen LogP contribution in [0.2, 0.25) is 0 Å². The van der Waals surface area contributed by atoms with Crippen LogP contribution in [0.15, 0.2) is 4.99 Å². The molecule has 2 heterocycles. The molecule has 0 aromatic carbocycles. The van der Waals surface area contributed by atoms with E-state index < -0.39 is 0 Å². The molecule has 6 heteroatoms. The first-order valence-electron chi connectivity index (χ1n) is 9.50. The Morgan fingerprint density at radius 1 is 1.29 bits per heavy atom. The van der Waals surface area contributed by atoms with Crippen LogP contribution in [0.4, 0.5) is 0 Å². The molecule has 1 saturated heterocycles. The molecule has 140 valence electrons. The maximum Gasteiger partial charge on any atom is 0.194 e. The standard InChI is InChI=1S/C18H36N4O2/c1-6-10-23-11-7-19-18-20-14(2)17(15(3)21(18)5)16(4)22-8-12-24-13-9-22/h14-17H,6-13H2,1-5H3,(H,19,20)/t14-,15?,16?,17-/m1/s1. The highest BCUT2D eigenvalue weighted by Gasteiger charge is 2.38. The lowest BCUT2D eigenvalue weighted by Crippen LogP contribution is -2.59. The van der Waals surface area contributed by atoms with Crippen molar-refractivity contribution >= 4 is 5.96 Å². The average molecular weight is 341 g/mol. The van der Waals surface area contributed by atoms with E-state index >= 15 is 0 Å². The van der Waals surface area contributed by atoms with Crippen molar-refractivity contribution in [1.29, 1.82) is 0 Å². The molecule has 0 aromatic heterocycles. The zero-order chi connectivity index (χ0) is 17.5. The topological polar surface area (TPSA) is 49.3 Å². The molecule has 6 nitrogen and oxygen atoms in total. The number of hydrogen-bond donors (Lipinski definition) is 1. The number of ether oxygens (including phenoxy) is 2. The van der Waals surface area contributed by atoms with Crippen molar-refractivity contribution in [1.82, 2.24) is 15.1 Å². The van der Waals surface area contributed by atoms with Crippen LogP contribution in [-0.2, 0) is 9.47 Å². The number of morpholine rings is 1. The second-order valence-corrected chi connectivity index (χ2v) is 7.05. The summed E-state index contributed by atoms with van der Waals surface area (Å²) in [6, 6.07) is 1.28. The Kier molecular flexibility index (Phi) is 7.78. The normalized spacial score (nSPS) is 30.1. The summed E-state index contributed by atoms with van der Waals surface area (Å²) in [4.78, 5) is 9.80. The summed E-state index contributed by atoms with van der Waals surface area (Å²) in [6.07, 6.45) is 1.07. The zero-order valence-electron chi connectivity index (χ0n) is 16.1. The van der Waals surface area contributed by atoms with Crippen molar-refractivity contribution in [2.75, 3.05) is 53.1 Å². The number of aliphatic imine (C=N–C) groups is 1.